The number of hydrogen-bond donors (Lipinski definition) is 2. The lowest BCUT2D eigenvalue weighted by Gasteiger charge is -2.27. The highest BCUT2D eigenvalue weighted by atomic mass is 35.5. The second kappa shape index (κ2) is 11.4. The molecule has 2 N–H and O–H groups in total. The number of carbonyl (C=O) groups excluding carboxylic acids is 2. The molecule has 0 radical (unpaired) electrons. The number of halogens is 2. The molecule has 8 heteroatoms. The third kappa shape index (κ3) is 6.86. The van der Waals surface area contributed by atoms with Crippen LogP contribution >= 0.6 is 23.2 Å². The van der Waals surface area contributed by atoms with Crippen molar-refractivity contribution in [3.05, 3.63) is 63.6 Å². The van der Waals surface area contributed by atoms with Crippen molar-refractivity contribution in [3.63, 3.8) is 0 Å². The molecule has 0 saturated heterocycles. The van der Waals surface area contributed by atoms with Crippen LogP contribution in [0.4, 0.5) is 0 Å². The van der Waals surface area contributed by atoms with Crippen molar-refractivity contribution in [3.8, 4) is 5.75 Å². The zero-order valence-corrected chi connectivity index (χ0v) is 19.9. The van der Waals surface area contributed by atoms with E-state index in [-0.39, 0.29) is 28.5 Å². The highest BCUT2D eigenvalue weighted by Crippen LogP contribution is 2.23. The Morgan fingerprint density at radius 3 is 2.39 bits per heavy atom. The molecule has 0 heterocycles. The summed E-state index contributed by atoms with van der Waals surface area (Å²) >= 11 is 12.0. The van der Waals surface area contributed by atoms with Crippen LogP contribution in [0.15, 0.2) is 42.5 Å². The normalized spacial score (nSPS) is 13.1. The molecule has 0 aliphatic rings. The molecule has 0 aliphatic heterocycles. The first kappa shape index (κ1) is 25.0. The first-order valence-electron chi connectivity index (χ1n) is 9.98. The summed E-state index contributed by atoms with van der Waals surface area (Å²) in [5, 5.41) is 6.44. The van der Waals surface area contributed by atoms with E-state index in [1.54, 1.807) is 19.2 Å². The SMILES string of the molecule is COc1cccc([C@@H](CNC(=O)[C@@H](NC(=O)c2ccc(Cl)cc2Cl)C(C)C)N(C)C)c1. The van der Waals surface area contributed by atoms with Gasteiger partial charge in [-0.15, -0.1) is 0 Å². The molecule has 0 bridgehead atoms. The minimum absolute atomic E-state index is 0.0618. The number of hydrogen-bond acceptors (Lipinski definition) is 4. The summed E-state index contributed by atoms with van der Waals surface area (Å²) in [7, 11) is 5.51. The van der Waals surface area contributed by atoms with Gasteiger partial charge in [-0.05, 0) is 55.9 Å². The van der Waals surface area contributed by atoms with Crippen molar-refractivity contribution in [1.29, 1.82) is 0 Å². The molecule has 0 aliphatic carbocycles. The Labute approximate surface area is 193 Å². The average molecular weight is 466 g/mol. The number of rotatable bonds is 9. The third-order valence-electron chi connectivity index (χ3n) is 4.98. The van der Waals surface area contributed by atoms with E-state index < -0.39 is 11.9 Å². The third-order valence-corrected chi connectivity index (χ3v) is 5.53. The molecule has 31 heavy (non-hydrogen) atoms. The van der Waals surface area contributed by atoms with E-state index >= 15 is 0 Å². The quantitative estimate of drug-likeness (QED) is 0.582. The Morgan fingerprint density at radius 2 is 1.81 bits per heavy atom. The standard InChI is InChI=1S/C23H29Cl2N3O3/c1-14(2)21(27-22(29)18-10-9-16(24)12-19(18)25)23(30)26-13-20(28(3)4)15-7-6-8-17(11-15)31-5/h6-12,14,20-21H,13H2,1-5H3,(H,26,30)(H,27,29)/t20-,21+/m1/s1. The van der Waals surface area contributed by atoms with Gasteiger partial charge in [-0.25, -0.2) is 0 Å². The Bertz CT molecular complexity index is 919. The topological polar surface area (TPSA) is 70.7 Å². The number of nitrogens with one attached hydrogen (secondary N) is 2. The van der Waals surface area contributed by atoms with Crippen LogP contribution in [0.2, 0.25) is 10.0 Å². The number of amides is 2. The average Bonchev–Trinajstić information content (AvgIpc) is 2.71. The predicted molar refractivity (Wildman–Crippen MR) is 125 cm³/mol. The van der Waals surface area contributed by atoms with E-state index in [9.17, 15) is 9.59 Å². The van der Waals surface area contributed by atoms with E-state index in [2.05, 4.69) is 10.6 Å². The van der Waals surface area contributed by atoms with Crippen molar-refractivity contribution in [2.45, 2.75) is 25.9 Å². The number of likely N-dealkylation sites (N-methyl/N-ethyl adjacent to an activating group) is 1. The maximum absolute atomic E-state index is 12.9. The number of benzene rings is 2. The molecule has 2 atom stereocenters. The number of ether oxygens (including phenoxy) is 1. The summed E-state index contributed by atoms with van der Waals surface area (Å²) in [5.74, 6) is -0.0526. The summed E-state index contributed by atoms with van der Waals surface area (Å²) in [6, 6.07) is 11.6. The fourth-order valence-electron chi connectivity index (χ4n) is 3.18. The maximum atomic E-state index is 12.9. The first-order chi connectivity index (χ1) is 14.6. The molecule has 0 saturated carbocycles. The molecule has 2 aromatic carbocycles. The molecule has 0 fully saturated rings. The largest absolute Gasteiger partial charge is 0.497 e. The minimum Gasteiger partial charge on any atom is -0.497 e. The predicted octanol–water partition coefficient (Wildman–Crippen LogP) is 4.18. The van der Waals surface area contributed by atoms with Gasteiger partial charge in [0.2, 0.25) is 5.91 Å². The van der Waals surface area contributed by atoms with Crippen LogP contribution in [0, 0.1) is 5.92 Å². The summed E-state index contributed by atoms with van der Waals surface area (Å²) in [4.78, 5) is 27.7. The molecule has 0 aromatic heterocycles. The summed E-state index contributed by atoms with van der Waals surface area (Å²) in [6.07, 6.45) is 0. The lowest BCUT2D eigenvalue weighted by Crippen LogP contribution is -2.51. The van der Waals surface area contributed by atoms with Gasteiger partial charge in [-0.2, -0.15) is 0 Å². The highest BCUT2D eigenvalue weighted by Gasteiger charge is 2.26. The van der Waals surface area contributed by atoms with E-state index in [0.29, 0.717) is 11.6 Å². The number of carbonyl (C=O) groups is 2. The van der Waals surface area contributed by atoms with Crippen molar-refractivity contribution in [2.75, 3.05) is 27.7 Å². The van der Waals surface area contributed by atoms with E-state index in [4.69, 9.17) is 27.9 Å². The highest BCUT2D eigenvalue weighted by molar-refractivity contribution is 6.36. The Balaban J connectivity index is 2.11. The van der Waals surface area contributed by atoms with Crippen molar-refractivity contribution in [2.24, 2.45) is 5.92 Å². The van der Waals surface area contributed by atoms with Gasteiger partial charge >= 0.3 is 0 Å². The second-order valence-electron chi connectivity index (χ2n) is 7.82. The van der Waals surface area contributed by atoms with Gasteiger partial charge in [0, 0.05) is 11.6 Å². The smallest absolute Gasteiger partial charge is 0.253 e. The first-order valence-corrected chi connectivity index (χ1v) is 10.7. The van der Waals surface area contributed by atoms with E-state index in [1.165, 1.54) is 6.07 Å². The number of methoxy groups -OCH3 is 1. The zero-order valence-electron chi connectivity index (χ0n) is 18.4. The van der Waals surface area contributed by atoms with Crippen molar-refractivity contribution in [1.82, 2.24) is 15.5 Å². The fraction of sp³-hybridized carbons (Fsp3) is 0.391. The van der Waals surface area contributed by atoms with Crippen LogP contribution in [0.5, 0.6) is 5.75 Å². The fourth-order valence-corrected chi connectivity index (χ4v) is 3.68. The zero-order chi connectivity index (χ0) is 23.1. The molecule has 0 spiro atoms. The van der Waals surface area contributed by atoms with Gasteiger partial charge < -0.3 is 20.3 Å². The van der Waals surface area contributed by atoms with Crippen LogP contribution in [0.3, 0.4) is 0 Å². The Kier molecular flexibility index (Phi) is 9.16. The number of nitrogens with zero attached hydrogens (tertiary/aromatic N) is 1. The summed E-state index contributed by atoms with van der Waals surface area (Å²) in [5.41, 5.74) is 1.29. The lowest BCUT2D eigenvalue weighted by molar-refractivity contribution is -0.124. The Hall–Kier alpha value is -2.28. The monoisotopic (exact) mass is 465 g/mol. The van der Waals surface area contributed by atoms with Crippen LogP contribution < -0.4 is 15.4 Å². The molecule has 168 valence electrons. The van der Waals surface area contributed by atoms with Gasteiger partial charge in [-0.3, -0.25) is 9.59 Å². The van der Waals surface area contributed by atoms with Gasteiger partial charge in [0.15, 0.2) is 0 Å². The molecule has 6 nitrogen and oxygen atoms in total. The molecule has 2 rings (SSSR count). The molecular formula is C23H29Cl2N3O3. The lowest BCUT2D eigenvalue weighted by atomic mass is 10.0. The maximum Gasteiger partial charge on any atom is 0.253 e. The van der Waals surface area contributed by atoms with Crippen molar-refractivity contribution >= 4 is 35.0 Å². The van der Waals surface area contributed by atoms with E-state index in [0.717, 1.165) is 11.3 Å². The van der Waals surface area contributed by atoms with E-state index in [1.807, 2.05) is 57.1 Å². The second-order valence-corrected chi connectivity index (χ2v) is 8.66. The molecule has 0 unspecified atom stereocenters. The molecule has 2 amide bonds. The van der Waals surface area contributed by atoms with Crippen LogP contribution in [0.25, 0.3) is 0 Å². The minimum atomic E-state index is -0.715. The molecular weight excluding hydrogens is 437 g/mol. The van der Waals surface area contributed by atoms with Crippen LogP contribution in [-0.2, 0) is 4.79 Å². The summed E-state index contributed by atoms with van der Waals surface area (Å²) in [6.45, 7) is 4.12. The van der Waals surface area contributed by atoms with Gasteiger partial charge in [0.05, 0.1) is 23.7 Å². The van der Waals surface area contributed by atoms with Crippen LogP contribution in [-0.4, -0.2) is 50.5 Å². The van der Waals surface area contributed by atoms with Crippen molar-refractivity contribution < 1.29 is 14.3 Å². The van der Waals surface area contributed by atoms with Crippen LogP contribution in [0.1, 0.15) is 35.8 Å². The van der Waals surface area contributed by atoms with Gasteiger partial charge in [0.1, 0.15) is 11.8 Å². The Morgan fingerprint density at radius 1 is 1.10 bits per heavy atom. The summed E-state index contributed by atoms with van der Waals surface area (Å²) < 4.78 is 5.31. The van der Waals surface area contributed by atoms with Gasteiger partial charge in [0.25, 0.3) is 5.91 Å². The molecule has 2 aromatic rings. The van der Waals surface area contributed by atoms with Gasteiger partial charge in [-0.1, -0.05) is 49.2 Å².